The van der Waals surface area contributed by atoms with Gasteiger partial charge in [0.1, 0.15) is 11.5 Å². The Morgan fingerprint density at radius 1 is 1.33 bits per heavy atom. The summed E-state index contributed by atoms with van der Waals surface area (Å²) in [6.07, 6.45) is 1.73. The van der Waals surface area contributed by atoms with Gasteiger partial charge in [0, 0.05) is 12.8 Å². The minimum atomic E-state index is -0.314. The summed E-state index contributed by atoms with van der Waals surface area (Å²) in [5, 5.41) is 3.79. The Morgan fingerprint density at radius 3 is 2.96 bits per heavy atom. The summed E-state index contributed by atoms with van der Waals surface area (Å²) in [6.45, 7) is 0. The lowest BCUT2D eigenvalue weighted by molar-refractivity contribution is -0.121. The number of nitrogens with one attached hydrogen (secondary N) is 2. The van der Waals surface area contributed by atoms with Crippen molar-refractivity contribution in [3.63, 3.8) is 0 Å². The van der Waals surface area contributed by atoms with E-state index in [1.54, 1.807) is 24.3 Å². The van der Waals surface area contributed by atoms with Gasteiger partial charge in [-0.25, -0.2) is 10.4 Å². The summed E-state index contributed by atoms with van der Waals surface area (Å²) < 4.78 is 5.79. The van der Waals surface area contributed by atoms with Gasteiger partial charge in [0.15, 0.2) is 4.67 Å². The lowest BCUT2D eigenvalue weighted by atomic mass is 10.2. The van der Waals surface area contributed by atoms with Crippen LogP contribution in [-0.2, 0) is 11.2 Å². The van der Waals surface area contributed by atoms with Crippen molar-refractivity contribution in [1.29, 1.82) is 0 Å². The van der Waals surface area contributed by atoms with Crippen LogP contribution in [-0.4, -0.2) is 22.1 Å². The fraction of sp³-hybridized carbons (Fsp3) is 0.125. The molecule has 3 aromatic rings. The van der Waals surface area contributed by atoms with Crippen molar-refractivity contribution in [2.24, 2.45) is 5.10 Å². The SMILES string of the molecule is O=C(CCc1nc2ccccc2[nH]c1=O)N/N=C/c1ccc(Br)o1. The zero-order valence-electron chi connectivity index (χ0n) is 12.5. The quantitative estimate of drug-likeness (QED) is 0.517. The number of carbonyl (C=O) groups excluding carboxylic acids is 1. The third-order valence-electron chi connectivity index (χ3n) is 3.23. The Balaban J connectivity index is 1.59. The molecular formula is C16H13BrN4O3. The largest absolute Gasteiger partial charge is 0.448 e. The number of furan rings is 1. The second kappa shape index (κ2) is 7.22. The minimum absolute atomic E-state index is 0.105. The highest BCUT2D eigenvalue weighted by Gasteiger charge is 2.07. The molecule has 8 heteroatoms. The molecule has 0 bridgehead atoms. The molecule has 0 radical (unpaired) electrons. The zero-order valence-corrected chi connectivity index (χ0v) is 14.0. The van der Waals surface area contributed by atoms with E-state index in [0.717, 1.165) is 0 Å². The number of aromatic amines is 1. The van der Waals surface area contributed by atoms with Crippen LogP contribution in [0.15, 0.2) is 55.4 Å². The highest BCUT2D eigenvalue weighted by molar-refractivity contribution is 9.10. The van der Waals surface area contributed by atoms with E-state index < -0.39 is 0 Å². The molecule has 0 atom stereocenters. The van der Waals surface area contributed by atoms with Crippen molar-refractivity contribution >= 4 is 39.1 Å². The summed E-state index contributed by atoms with van der Waals surface area (Å²) in [5.74, 6) is 0.195. The van der Waals surface area contributed by atoms with E-state index in [2.05, 4.69) is 36.4 Å². The molecule has 122 valence electrons. The molecule has 3 rings (SSSR count). The standard InChI is InChI=1S/C16H13BrN4O3/c17-14-7-5-10(24-14)9-18-21-15(22)8-6-13-16(23)20-12-4-2-1-3-11(12)19-13/h1-5,7,9H,6,8H2,(H,20,23)(H,21,22)/b18-9+. The van der Waals surface area contributed by atoms with Crippen molar-refractivity contribution in [3.8, 4) is 0 Å². The molecule has 0 saturated heterocycles. The zero-order chi connectivity index (χ0) is 16.9. The van der Waals surface area contributed by atoms with Gasteiger partial charge in [-0.2, -0.15) is 5.10 Å². The number of hydrogen-bond acceptors (Lipinski definition) is 5. The number of aryl methyl sites for hydroxylation is 1. The molecule has 0 saturated carbocycles. The van der Waals surface area contributed by atoms with Crippen LogP contribution >= 0.6 is 15.9 Å². The van der Waals surface area contributed by atoms with Gasteiger partial charge in [-0.3, -0.25) is 9.59 Å². The van der Waals surface area contributed by atoms with Gasteiger partial charge in [0.2, 0.25) is 5.91 Å². The maximum absolute atomic E-state index is 12.0. The average Bonchev–Trinajstić information content (AvgIpc) is 2.98. The van der Waals surface area contributed by atoms with E-state index in [9.17, 15) is 9.59 Å². The second-order valence-electron chi connectivity index (χ2n) is 4.96. The molecule has 0 aliphatic carbocycles. The molecule has 0 spiro atoms. The first-order valence-corrected chi connectivity index (χ1v) is 7.96. The van der Waals surface area contributed by atoms with E-state index in [1.165, 1.54) is 6.21 Å². The van der Waals surface area contributed by atoms with Crippen LogP contribution in [0.2, 0.25) is 0 Å². The monoisotopic (exact) mass is 388 g/mol. The minimum Gasteiger partial charge on any atom is -0.448 e. The smallest absolute Gasteiger partial charge is 0.270 e. The highest BCUT2D eigenvalue weighted by Crippen LogP contribution is 2.12. The van der Waals surface area contributed by atoms with Crippen LogP contribution in [0.4, 0.5) is 0 Å². The fourth-order valence-electron chi connectivity index (χ4n) is 2.09. The van der Waals surface area contributed by atoms with Crippen molar-refractivity contribution in [2.45, 2.75) is 12.8 Å². The van der Waals surface area contributed by atoms with Crippen LogP contribution in [0.1, 0.15) is 17.9 Å². The van der Waals surface area contributed by atoms with Gasteiger partial charge in [-0.05, 0) is 40.2 Å². The predicted molar refractivity (Wildman–Crippen MR) is 92.8 cm³/mol. The Morgan fingerprint density at radius 2 is 2.17 bits per heavy atom. The first kappa shape index (κ1) is 16.1. The normalized spacial score (nSPS) is 11.2. The van der Waals surface area contributed by atoms with Crippen molar-refractivity contribution in [3.05, 3.63) is 62.9 Å². The van der Waals surface area contributed by atoms with E-state index in [1.807, 2.05) is 12.1 Å². The van der Waals surface area contributed by atoms with Gasteiger partial charge >= 0.3 is 0 Å². The number of fused-ring (bicyclic) bond motifs is 1. The fourth-order valence-corrected chi connectivity index (χ4v) is 2.41. The molecule has 2 heterocycles. The summed E-state index contributed by atoms with van der Waals surface area (Å²) >= 11 is 3.17. The molecule has 2 aromatic heterocycles. The first-order valence-electron chi connectivity index (χ1n) is 7.17. The van der Waals surface area contributed by atoms with Crippen molar-refractivity contribution in [2.75, 3.05) is 0 Å². The Bertz CT molecular complexity index is 961. The Labute approximate surface area is 144 Å². The van der Waals surface area contributed by atoms with E-state index in [4.69, 9.17) is 4.42 Å². The van der Waals surface area contributed by atoms with Crippen LogP contribution < -0.4 is 11.0 Å². The molecule has 2 N–H and O–H groups in total. The van der Waals surface area contributed by atoms with E-state index in [-0.39, 0.29) is 24.3 Å². The van der Waals surface area contributed by atoms with E-state index >= 15 is 0 Å². The van der Waals surface area contributed by atoms with Crippen LogP contribution in [0.3, 0.4) is 0 Å². The lowest BCUT2D eigenvalue weighted by Gasteiger charge is -2.02. The summed E-state index contributed by atoms with van der Waals surface area (Å²) in [4.78, 5) is 30.8. The maximum atomic E-state index is 12.0. The van der Waals surface area contributed by atoms with E-state index in [0.29, 0.717) is 27.2 Å². The molecule has 7 nitrogen and oxygen atoms in total. The number of rotatable bonds is 5. The number of benzene rings is 1. The molecule has 0 fully saturated rings. The highest BCUT2D eigenvalue weighted by atomic mass is 79.9. The third-order valence-corrected chi connectivity index (χ3v) is 3.66. The summed E-state index contributed by atoms with van der Waals surface area (Å²) in [6, 6.07) is 10.7. The summed E-state index contributed by atoms with van der Waals surface area (Å²) in [5.41, 5.74) is 3.78. The lowest BCUT2D eigenvalue weighted by Crippen LogP contribution is -2.21. The molecular weight excluding hydrogens is 376 g/mol. The molecule has 24 heavy (non-hydrogen) atoms. The number of nitrogens with zero attached hydrogens (tertiary/aromatic N) is 2. The molecule has 1 amide bonds. The van der Waals surface area contributed by atoms with Crippen LogP contribution in [0.25, 0.3) is 11.0 Å². The third kappa shape index (κ3) is 3.96. The number of amides is 1. The molecule has 0 unspecified atom stereocenters. The number of carbonyl (C=O) groups is 1. The van der Waals surface area contributed by atoms with Gasteiger partial charge in [-0.15, -0.1) is 0 Å². The van der Waals surface area contributed by atoms with Gasteiger partial charge in [0.25, 0.3) is 5.56 Å². The topological polar surface area (TPSA) is 100 Å². The van der Waals surface area contributed by atoms with Gasteiger partial charge in [0.05, 0.1) is 17.2 Å². The molecule has 0 aliphatic rings. The maximum Gasteiger partial charge on any atom is 0.270 e. The second-order valence-corrected chi connectivity index (χ2v) is 5.75. The number of hydrazone groups is 1. The predicted octanol–water partition coefficient (Wildman–Crippen LogP) is 2.36. The Hall–Kier alpha value is -2.74. The van der Waals surface area contributed by atoms with Crippen LogP contribution in [0, 0.1) is 0 Å². The number of H-pyrrole nitrogens is 1. The molecule has 1 aromatic carbocycles. The van der Waals surface area contributed by atoms with Crippen molar-refractivity contribution < 1.29 is 9.21 Å². The van der Waals surface area contributed by atoms with Crippen molar-refractivity contribution in [1.82, 2.24) is 15.4 Å². The number of para-hydroxylation sites is 2. The number of halogens is 1. The number of hydrogen-bond donors (Lipinski definition) is 2. The molecule has 0 aliphatic heterocycles. The Kier molecular flexibility index (Phi) is 4.85. The summed E-state index contributed by atoms with van der Waals surface area (Å²) in [7, 11) is 0. The first-order chi connectivity index (χ1) is 11.6. The average molecular weight is 389 g/mol. The van der Waals surface area contributed by atoms with Crippen LogP contribution in [0.5, 0.6) is 0 Å². The number of aromatic nitrogens is 2. The van der Waals surface area contributed by atoms with Gasteiger partial charge in [-0.1, -0.05) is 12.1 Å². The van der Waals surface area contributed by atoms with Gasteiger partial charge < -0.3 is 9.40 Å².